The van der Waals surface area contributed by atoms with Gasteiger partial charge in [0.2, 0.25) is 0 Å². The zero-order valence-corrected chi connectivity index (χ0v) is 30.6. The molecule has 0 fully saturated rings. The van der Waals surface area contributed by atoms with Crippen molar-refractivity contribution in [1.82, 2.24) is 4.90 Å². The summed E-state index contributed by atoms with van der Waals surface area (Å²) in [6.07, 6.45) is 33.4. The Morgan fingerprint density at radius 3 is 1.14 bits per heavy atom. The summed E-state index contributed by atoms with van der Waals surface area (Å²) in [5.41, 5.74) is 0. The monoisotopic (exact) mass is 652 g/mol. The van der Waals surface area contributed by atoms with E-state index in [-0.39, 0.29) is 19.8 Å². The van der Waals surface area contributed by atoms with Gasteiger partial charge in [0, 0.05) is 13.1 Å². The first-order chi connectivity index (χ1) is 21.3. The van der Waals surface area contributed by atoms with Crippen LogP contribution in [-0.2, 0) is 9.09 Å². The summed E-state index contributed by atoms with van der Waals surface area (Å²) in [4.78, 5) is 20.0. The number of aliphatic hydroxyl groups excluding tert-OH is 2. The van der Waals surface area contributed by atoms with E-state index in [1.54, 1.807) is 0 Å². The van der Waals surface area contributed by atoms with Crippen LogP contribution < -0.4 is 0 Å². The van der Waals surface area contributed by atoms with Gasteiger partial charge >= 0.3 is 7.82 Å². The van der Waals surface area contributed by atoms with E-state index in [0.29, 0.717) is 19.0 Å². The number of nitrogens with zero attached hydrogens (tertiary/aromatic N) is 1. The molecule has 4 N–H and O–H groups in total. The Hall–Kier alpha value is -0.0100. The average Bonchev–Trinajstić information content (AvgIpc) is 2.99. The normalized spacial score (nSPS) is 12.5. The molecule has 0 aromatic heterocycles. The minimum absolute atomic E-state index is 0.192. The molecule has 0 aliphatic heterocycles. The standard InChI is InChI=1S/C20H43O4P.C16H35NO2/c1-3-5-7-9-11-12-14-16-18-20(19-24-25(21,22)23)17-15-13-10-8-6-4-2;1-2-3-4-5-6-7-8-9-10-11-12-17(13-15-18)14-16-19/h20H,3-19H2,1-2H3,(H2,21,22,23);18-19H,2-16H2,1H3. The highest BCUT2D eigenvalue weighted by atomic mass is 31.2. The number of hydrogen-bond acceptors (Lipinski definition) is 5. The first kappa shape index (κ1) is 46.1. The maximum Gasteiger partial charge on any atom is 0.469 e. The highest BCUT2D eigenvalue weighted by Crippen LogP contribution is 2.37. The fourth-order valence-electron chi connectivity index (χ4n) is 5.73. The van der Waals surface area contributed by atoms with Gasteiger partial charge in [-0.1, -0.05) is 168 Å². The molecule has 0 spiro atoms. The Kier molecular flexibility index (Phi) is 39.2. The van der Waals surface area contributed by atoms with Gasteiger partial charge in [0.25, 0.3) is 0 Å². The molecule has 7 nitrogen and oxygen atoms in total. The predicted molar refractivity (Wildman–Crippen MR) is 189 cm³/mol. The van der Waals surface area contributed by atoms with Crippen molar-refractivity contribution in [3.05, 3.63) is 0 Å². The van der Waals surface area contributed by atoms with Crippen molar-refractivity contribution < 1.29 is 29.1 Å². The number of aliphatic hydroxyl groups is 2. The van der Waals surface area contributed by atoms with Crippen LogP contribution in [0.15, 0.2) is 0 Å². The molecule has 0 aromatic rings. The zero-order valence-electron chi connectivity index (χ0n) is 29.7. The SMILES string of the molecule is CCCCCCCCCCC(CCCCCCCC)COP(=O)(O)O.CCCCCCCCCCCCN(CCO)CCO. The molecular formula is C36H78NO6P. The van der Waals surface area contributed by atoms with Gasteiger partial charge in [0.05, 0.1) is 19.8 Å². The Bertz CT molecular complexity index is 571. The molecule has 0 rings (SSSR count). The number of rotatable bonds is 34. The van der Waals surface area contributed by atoms with Crippen LogP contribution >= 0.6 is 7.82 Å². The summed E-state index contributed by atoms with van der Waals surface area (Å²) in [7, 11) is -4.33. The minimum atomic E-state index is -4.33. The predicted octanol–water partition coefficient (Wildman–Crippen LogP) is 10.2. The zero-order chi connectivity index (χ0) is 33.0. The Labute approximate surface area is 274 Å². The lowest BCUT2D eigenvalue weighted by Gasteiger charge is -2.19. The third-order valence-electron chi connectivity index (χ3n) is 8.57. The molecule has 0 aliphatic carbocycles. The van der Waals surface area contributed by atoms with Crippen LogP contribution in [0.3, 0.4) is 0 Å². The number of phosphoric acid groups is 1. The lowest BCUT2D eigenvalue weighted by molar-refractivity contribution is 0.157. The number of hydrogen-bond donors (Lipinski definition) is 4. The van der Waals surface area contributed by atoms with Gasteiger partial charge < -0.3 is 20.0 Å². The van der Waals surface area contributed by atoms with Gasteiger partial charge in [-0.25, -0.2) is 4.57 Å². The third-order valence-corrected chi connectivity index (χ3v) is 9.06. The largest absolute Gasteiger partial charge is 0.469 e. The van der Waals surface area contributed by atoms with Gasteiger partial charge in [-0.2, -0.15) is 0 Å². The molecule has 0 bridgehead atoms. The van der Waals surface area contributed by atoms with Crippen molar-refractivity contribution in [2.24, 2.45) is 5.92 Å². The van der Waals surface area contributed by atoms with E-state index in [2.05, 4.69) is 25.7 Å². The molecule has 8 heteroatoms. The topological polar surface area (TPSA) is 110 Å². The Morgan fingerprint density at radius 2 is 0.818 bits per heavy atom. The fraction of sp³-hybridized carbons (Fsp3) is 1.00. The van der Waals surface area contributed by atoms with Crippen molar-refractivity contribution in [2.75, 3.05) is 39.5 Å². The van der Waals surface area contributed by atoms with Gasteiger partial charge in [-0.3, -0.25) is 9.42 Å². The number of unbranched alkanes of at least 4 members (excludes halogenated alkanes) is 21. The highest BCUT2D eigenvalue weighted by molar-refractivity contribution is 7.46. The second-order valence-corrected chi connectivity index (χ2v) is 14.2. The van der Waals surface area contributed by atoms with Crippen molar-refractivity contribution in [3.63, 3.8) is 0 Å². The van der Waals surface area contributed by atoms with Crippen LogP contribution in [0, 0.1) is 5.92 Å². The average molecular weight is 652 g/mol. The summed E-state index contributed by atoms with van der Waals surface area (Å²) < 4.78 is 15.7. The summed E-state index contributed by atoms with van der Waals surface area (Å²) >= 11 is 0. The first-order valence-corrected chi connectivity index (χ1v) is 20.5. The van der Waals surface area contributed by atoms with E-state index < -0.39 is 7.82 Å². The van der Waals surface area contributed by atoms with Crippen molar-refractivity contribution >= 4 is 7.82 Å². The van der Waals surface area contributed by atoms with E-state index in [9.17, 15) is 4.57 Å². The molecule has 1 unspecified atom stereocenters. The minimum Gasteiger partial charge on any atom is -0.395 e. The molecule has 0 aliphatic rings. The Balaban J connectivity index is 0. The quantitative estimate of drug-likeness (QED) is 0.0405. The molecule has 0 heterocycles. The van der Waals surface area contributed by atoms with Crippen LogP contribution in [0.1, 0.15) is 188 Å². The van der Waals surface area contributed by atoms with E-state index in [4.69, 9.17) is 24.5 Å². The third kappa shape index (κ3) is 40.0. The van der Waals surface area contributed by atoms with Gasteiger partial charge in [-0.15, -0.1) is 0 Å². The lowest BCUT2D eigenvalue weighted by atomic mass is 9.95. The lowest BCUT2D eigenvalue weighted by Crippen LogP contribution is -2.30. The van der Waals surface area contributed by atoms with E-state index in [1.165, 1.54) is 141 Å². The first-order valence-electron chi connectivity index (χ1n) is 19.0. The molecule has 0 amide bonds. The molecule has 1 atom stereocenters. The molecule has 0 saturated heterocycles. The molecule has 268 valence electrons. The maximum absolute atomic E-state index is 11.0. The van der Waals surface area contributed by atoms with Crippen LogP contribution in [-0.4, -0.2) is 64.4 Å². The van der Waals surface area contributed by atoms with Crippen LogP contribution in [0.4, 0.5) is 0 Å². The molecular weight excluding hydrogens is 573 g/mol. The smallest absolute Gasteiger partial charge is 0.395 e. The van der Waals surface area contributed by atoms with Gasteiger partial charge in [-0.05, 0) is 31.7 Å². The van der Waals surface area contributed by atoms with Gasteiger partial charge in [0.1, 0.15) is 0 Å². The molecule has 0 saturated carbocycles. The van der Waals surface area contributed by atoms with E-state index >= 15 is 0 Å². The maximum atomic E-state index is 11.0. The second kappa shape index (κ2) is 37.4. The van der Waals surface area contributed by atoms with E-state index in [0.717, 1.165) is 32.2 Å². The summed E-state index contributed by atoms with van der Waals surface area (Å²) in [5.74, 6) is 0.291. The second-order valence-electron chi connectivity index (χ2n) is 12.9. The molecule has 0 radical (unpaired) electrons. The summed E-state index contributed by atoms with van der Waals surface area (Å²) in [5, 5.41) is 17.8. The Morgan fingerprint density at radius 1 is 0.500 bits per heavy atom. The van der Waals surface area contributed by atoms with Crippen LogP contribution in [0.2, 0.25) is 0 Å². The van der Waals surface area contributed by atoms with Crippen molar-refractivity contribution in [2.45, 2.75) is 188 Å². The summed E-state index contributed by atoms with van der Waals surface area (Å²) in [6, 6.07) is 0. The highest BCUT2D eigenvalue weighted by Gasteiger charge is 2.18. The van der Waals surface area contributed by atoms with Gasteiger partial charge in [0.15, 0.2) is 0 Å². The van der Waals surface area contributed by atoms with Crippen LogP contribution in [0.25, 0.3) is 0 Å². The molecule has 0 aromatic carbocycles. The fourth-order valence-corrected chi connectivity index (χ4v) is 6.14. The number of phosphoric ester groups is 1. The van der Waals surface area contributed by atoms with Crippen molar-refractivity contribution in [3.8, 4) is 0 Å². The van der Waals surface area contributed by atoms with Crippen LogP contribution in [0.5, 0.6) is 0 Å². The summed E-state index contributed by atoms with van der Waals surface area (Å²) in [6.45, 7) is 9.71. The van der Waals surface area contributed by atoms with Crippen molar-refractivity contribution in [1.29, 1.82) is 0 Å². The van der Waals surface area contributed by atoms with E-state index in [1.807, 2.05) is 0 Å². The molecule has 44 heavy (non-hydrogen) atoms.